The molecule has 24 heavy (non-hydrogen) atoms. The summed E-state index contributed by atoms with van der Waals surface area (Å²) in [6, 6.07) is 10.6. The van der Waals surface area contributed by atoms with E-state index in [4.69, 9.17) is 38.5 Å². The van der Waals surface area contributed by atoms with Crippen molar-refractivity contribution in [3.63, 3.8) is 0 Å². The maximum Gasteiger partial charge on any atom is 0.172 e. The maximum absolute atomic E-state index is 9.59. The van der Waals surface area contributed by atoms with Gasteiger partial charge in [0.25, 0.3) is 0 Å². The van der Waals surface area contributed by atoms with Crippen LogP contribution in [0.4, 0.5) is 0 Å². The number of hydrogen-bond donors (Lipinski definition) is 0. The van der Waals surface area contributed by atoms with Gasteiger partial charge < -0.3 is 4.74 Å². The van der Waals surface area contributed by atoms with Gasteiger partial charge in [0.05, 0.1) is 5.57 Å². The Morgan fingerprint density at radius 2 is 1.62 bits per heavy atom. The van der Waals surface area contributed by atoms with E-state index in [2.05, 4.69) is 6.07 Å². The van der Waals surface area contributed by atoms with Gasteiger partial charge in [-0.1, -0.05) is 37.0 Å². The third-order valence-electron chi connectivity index (χ3n) is 3.87. The Hall–Kier alpha value is -2.45. The van der Waals surface area contributed by atoms with Gasteiger partial charge in [-0.15, -0.1) is 0 Å². The van der Waals surface area contributed by atoms with Crippen molar-refractivity contribution in [2.45, 2.75) is 26.4 Å². The molecule has 1 aromatic carbocycles. The molecule has 2 rings (SSSR count). The summed E-state index contributed by atoms with van der Waals surface area (Å²) in [5.74, 6) is -0.0525. The summed E-state index contributed by atoms with van der Waals surface area (Å²) >= 11 is 12.2. The second kappa shape index (κ2) is 6.58. The number of benzene rings is 1. The van der Waals surface area contributed by atoms with E-state index in [1.54, 1.807) is 37.3 Å². The van der Waals surface area contributed by atoms with E-state index >= 15 is 0 Å². The van der Waals surface area contributed by atoms with Crippen LogP contribution in [0.25, 0.3) is 0 Å². The summed E-state index contributed by atoms with van der Waals surface area (Å²) in [5.41, 5.74) is 0.272. The van der Waals surface area contributed by atoms with Gasteiger partial charge in [0, 0.05) is 21.2 Å². The fourth-order valence-electron chi connectivity index (χ4n) is 2.97. The van der Waals surface area contributed by atoms with Gasteiger partial charge in [-0.3, -0.25) is 0 Å². The Bertz CT molecular complexity index is 858. The largest absolute Gasteiger partial charge is 0.475 e. The Balaban J connectivity index is 2.83. The molecule has 1 unspecified atom stereocenters. The zero-order valence-electron chi connectivity index (χ0n) is 13.3. The van der Waals surface area contributed by atoms with Gasteiger partial charge in [-0.2, -0.15) is 15.8 Å². The van der Waals surface area contributed by atoms with E-state index in [1.807, 2.05) is 13.8 Å². The van der Waals surface area contributed by atoms with Crippen LogP contribution >= 0.6 is 23.2 Å². The lowest BCUT2D eigenvalue weighted by molar-refractivity contribution is 0.0662. The van der Waals surface area contributed by atoms with E-state index < -0.39 is 5.60 Å². The van der Waals surface area contributed by atoms with Crippen LogP contribution in [0.3, 0.4) is 0 Å². The quantitative estimate of drug-likeness (QED) is 0.696. The smallest absolute Gasteiger partial charge is 0.172 e. The van der Waals surface area contributed by atoms with Crippen LogP contribution < -0.4 is 0 Å². The third-order valence-corrected chi connectivity index (χ3v) is 4.31. The van der Waals surface area contributed by atoms with Gasteiger partial charge in [-0.05, 0) is 31.0 Å². The summed E-state index contributed by atoms with van der Waals surface area (Å²) in [6.45, 7) is 5.62. The molecule has 0 aliphatic carbocycles. The average Bonchev–Trinajstić information content (AvgIpc) is 2.81. The highest BCUT2D eigenvalue weighted by Crippen LogP contribution is 2.49. The van der Waals surface area contributed by atoms with Gasteiger partial charge in [0.2, 0.25) is 0 Å². The van der Waals surface area contributed by atoms with Crippen LogP contribution in [0.15, 0.2) is 40.7 Å². The van der Waals surface area contributed by atoms with Crippen LogP contribution in [-0.2, 0) is 10.3 Å². The number of nitrogens with zero attached hydrogens (tertiary/aromatic N) is 3. The Morgan fingerprint density at radius 1 is 1.08 bits per heavy atom. The lowest BCUT2D eigenvalue weighted by Crippen LogP contribution is -2.26. The van der Waals surface area contributed by atoms with Gasteiger partial charge >= 0.3 is 0 Å². The minimum absolute atomic E-state index is 0.00444. The second-order valence-electron chi connectivity index (χ2n) is 5.78. The van der Waals surface area contributed by atoms with Crippen molar-refractivity contribution < 1.29 is 4.74 Å². The minimum atomic E-state index is -1.04. The summed E-state index contributed by atoms with van der Waals surface area (Å²) in [6.07, 6.45) is 0. The molecule has 1 heterocycles. The van der Waals surface area contributed by atoms with Crippen molar-refractivity contribution in [1.29, 1.82) is 15.8 Å². The molecule has 6 heteroatoms. The first-order valence-electron chi connectivity index (χ1n) is 7.13. The lowest BCUT2D eigenvalue weighted by Gasteiger charge is -2.30. The van der Waals surface area contributed by atoms with Crippen molar-refractivity contribution in [1.82, 2.24) is 0 Å². The summed E-state index contributed by atoms with van der Waals surface area (Å²) in [5, 5.41) is 28.8. The number of allylic oxidation sites excluding steroid dienone is 2. The molecule has 0 aromatic heterocycles. The molecule has 0 spiro atoms. The van der Waals surface area contributed by atoms with E-state index in [9.17, 15) is 5.26 Å². The zero-order valence-corrected chi connectivity index (χ0v) is 14.8. The number of rotatable bonds is 2. The minimum Gasteiger partial charge on any atom is -0.475 e. The highest BCUT2D eigenvalue weighted by Gasteiger charge is 2.46. The number of nitriles is 3. The van der Waals surface area contributed by atoms with E-state index in [0.717, 1.165) is 0 Å². The second-order valence-corrected chi connectivity index (χ2v) is 6.65. The van der Waals surface area contributed by atoms with Crippen molar-refractivity contribution >= 4 is 23.2 Å². The summed E-state index contributed by atoms with van der Waals surface area (Å²) in [4.78, 5) is 0. The topological polar surface area (TPSA) is 80.6 Å². The van der Waals surface area contributed by atoms with Crippen LogP contribution in [-0.4, -0.2) is 0 Å². The number of ether oxygens (including phenoxy) is 1. The highest BCUT2D eigenvalue weighted by atomic mass is 35.5. The molecule has 1 atom stereocenters. The monoisotopic (exact) mass is 357 g/mol. The van der Waals surface area contributed by atoms with Crippen molar-refractivity contribution in [3.05, 3.63) is 56.3 Å². The fourth-order valence-corrected chi connectivity index (χ4v) is 3.49. The lowest BCUT2D eigenvalue weighted by atomic mass is 9.80. The zero-order chi connectivity index (χ0) is 18.1. The Labute approximate surface area is 150 Å². The molecule has 0 saturated heterocycles. The number of halogens is 2. The van der Waals surface area contributed by atoms with Gasteiger partial charge in [0.15, 0.2) is 16.9 Å². The maximum atomic E-state index is 9.59. The highest BCUT2D eigenvalue weighted by molar-refractivity contribution is 6.34. The summed E-state index contributed by atoms with van der Waals surface area (Å²) < 4.78 is 5.99. The normalized spacial score (nSPS) is 19.5. The van der Waals surface area contributed by atoms with Crippen molar-refractivity contribution in [2.75, 3.05) is 0 Å². The molecular weight excluding hydrogens is 345 g/mol. The fraction of sp³-hybridized carbons (Fsp3) is 0.278. The average molecular weight is 358 g/mol. The molecule has 0 radical (unpaired) electrons. The molecule has 0 saturated carbocycles. The number of hydrogen-bond acceptors (Lipinski definition) is 4. The predicted molar refractivity (Wildman–Crippen MR) is 90.6 cm³/mol. The third kappa shape index (κ3) is 2.85. The molecule has 1 aliphatic heterocycles. The molecule has 0 amide bonds. The van der Waals surface area contributed by atoms with Crippen LogP contribution in [0, 0.1) is 39.9 Å². The molecule has 1 aromatic rings. The predicted octanol–water partition coefficient (Wildman–Crippen LogP) is 5.02. The van der Waals surface area contributed by atoms with Crippen LogP contribution in [0.2, 0.25) is 10.0 Å². The molecule has 120 valence electrons. The first-order valence-corrected chi connectivity index (χ1v) is 7.89. The molecule has 1 aliphatic rings. The van der Waals surface area contributed by atoms with Gasteiger partial charge in [0.1, 0.15) is 18.2 Å². The van der Waals surface area contributed by atoms with E-state index in [0.29, 0.717) is 21.2 Å². The van der Waals surface area contributed by atoms with Gasteiger partial charge in [-0.25, -0.2) is 0 Å². The molecule has 0 bridgehead atoms. The Morgan fingerprint density at radius 3 is 2.04 bits per heavy atom. The van der Waals surface area contributed by atoms with E-state index in [-0.39, 0.29) is 22.8 Å². The SMILES string of the molecule is CC(C)C1=C(C#N)C(=C(C#N)C#N)OC1(C)c1cc(Cl)cc(Cl)c1. The first kappa shape index (κ1) is 17.9. The molecular formula is C18H13Cl2N3O. The van der Waals surface area contributed by atoms with Crippen molar-refractivity contribution in [3.8, 4) is 18.2 Å². The molecule has 0 fully saturated rings. The van der Waals surface area contributed by atoms with E-state index in [1.165, 1.54) is 0 Å². The Kier molecular flexibility index (Phi) is 4.91. The summed E-state index contributed by atoms with van der Waals surface area (Å²) in [7, 11) is 0. The van der Waals surface area contributed by atoms with Crippen LogP contribution in [0.5, 0.6) is 0 Å². The molecule has 4 nitrogen and oxygen atoms in total. The molecule has 0 N–H and O–H groups in total. The van der Waals surface area contributed by atoms with Crippen molar-refractivity contribution in [2.24, 2.45) is 5.92 Å². The first-order chi connectivity index (χ1) is 11.3. The van der Waals surface area contributed by atoms with Crippen LogP contribution in [0.1, 0.15) is 26.3 Å². The standard InChI is InChI=1S/C18H13Cl2N3O/c1-10(2)16-15(9-23)17(11(7-21)8-22)24-18(16,3)12-4-13(19)6-14(20)5-12/h4-6,10H,1-3H3.